The fourth-order valence-electron chi connectivity index (χ4n) is 2.39. The molecule has 0 aliphatic heterocycles. The molecule has 0 aromatic heterocycles. The normalized spacial score (nSPS) is 17.3. The molecule has 1 aliphatic rings. The zero-order valence-corrected chi connectivity index (χ0v) is 13.0. The van der Waals surface area contributed by atoms with Gasteiger partial charge in [-0.3, -0.25) is 0 Å². The minimum atomic E-state index is -3.96. The first kappa shape index (κ1) is 16.2. The Labute approximate surface area is 127 Å². The predicted octanol–water partition coefficient (Wildman–Crippen LogP) is 1.54. The molecule has 6 nitrogen and oxygen atoms in total. The third kappa shape index (κ3) is 3.06. The van der Waals surface area contributed by atoms with Gasteiger partial charge in [0.1, 0.15) is 0 Å². The third-order valence-electron chi connectivity index (χ3n) is 3.81. The molecule has 1 fully saturated rings. The van der Waals surface area contributed by atoms with E-state index in [0.29, 0.717) is 12.8 Å². The molecular weight excluding hydrogens is 318 g/mol. The average molecular weight is 334 g/mol. The first-order valence-electron chi connectivity index (χ1n) is 6.39. The van der Waals surface area contributed by atoms with Gasteiger partial charge in [0, 0.05) is 5.02 Å². The van der Waals surface area contributed by atoms with Gasteiger partial charge in [-0.25, -0.2) is 17.9 Å². The Balaban J connectivity index is 2.47. The average Bonchev–Trinajstić information content (AvgIpc) is 2.35. The summed E-state index contributed by atoms with van der Waals surface area (Å²) in [4.78, 5) is 11.0. The molecule has 2 rings (SSSR count). The Morgan fingerprint density at radius 2 is 2.05 bits per heavy atom. The number of aliphatic hydroxyl groups is 1. The second-order valence-electron chi connectivity index (χ2n) is 5.28. The fraction of sp³-hybridized carbons (Fsp3) is 0.462. The van der Waals surface area contributed by atoms with Crippen molar-refractivity contribution in [1.82, 2.24) is 4.72 Å². The van der Waals surface area contributed by atoms with Gasteiger partial charge in [0.25, 0.3) is 0 Å². The molecule has 0 radical (unpaired) electrons. The zero-order chi connectivity index (χ0) is 15.8. The third-order valence-corrected chi connectivity index (χ3v) is 5.73. The van der Waals surface area contributed by atoms with Crippen LogP contribution in [0.5, 0.6) is 0 Å². The fourth-order valence-corrected chi connectivity index (χ4v) is 4.42. The van der Waals surface area contributed by atoms with Crippen molar-refractivity contribution in [2.24, 2.45) is 0 Å². The maximum atomic E-state index is 12.5. The van der Waals surface area contributed by atoms with Gasteiger partial charge >= 0.3 is 5.97 Å². The number of sulfonamides is 1. The monoisotopic (exact) mass is 333 g/mol. The molecule has 0 saturated heterocycles. The van der Waals surface area contributed by atoms with Gasteiger partial charge in [-0.1, -0.05) is 11.6 Å². The highest BCUT2D eigenvalue weighted by atomic mass is 35.5. The number of aromatic carboxylic acids is 1. The molecule has 0 heterocycles. The lowest BCUT2D eigenvalue weighted by molar-refractivity contribution is 0.0695. The van der Waals surface area contributed by atoms with Crippen LogP contribution in [0, 0.1) is 6.92 Å². The molecule has 1 saturated carbocycles. The Morgan fingerprint density at radius 3 is 2.48 bits per heavy atom. The lowest BCUT2D eigenvalue weighted by Crippen LogP contribution is -2.56. The summed E-state index contributed by atoms with van der Waals surface area (Å²) in [5, 5.41) is 18.5. The summed E-state index contributed by atoms with van der Waals surface area (Å²) in [7, 11) is -3.96. The molecule has 116 valence electrons. The van der Waals surface area contributed by atoms with E-state index in [1.807, 2.05) is 0 Å². The Morgan fingerprint density at radius 1 is 1.43 bits per heavy atom. The van der Waals surface area contributed by atoms with Crippen LogP contribution in [0.25, 0.3) is 0 Å². The van der Waals surface area contributed by atoms with Crippen LogP contribution in [0.2, 0.25) is 5.02 Å². The van der Waals surface area contributed by atoms with Gasteiger partial charge in [-0.05, 0) is 43.9 Å². The minimum Gasteiger partial charge on any atom is -0.478 e. The quantitative estimate of drug-likeness (QED) is 0.758. The zero-order valence-electron chi connectivity index (χ0n) is 11.4. The van der Waals surface area contributed by atoms with E-state index in [4.69, 9.17) is 16.7 Å². The Bertz CT molecular complexity index is 677. The molecule has 0 amide bonds. The van der Waals surface area contributed by atoms with Gasteiger partial charge < -0.3 is 10.2 Å². The van der Waals surface area contributed by atoms with Crippen molar-refractivity contribution in [3.8, 4) is 0 Å². The van der Waals surface area contributed by atoms with E-state index in [-0.39, 0.29) is 27.7 Å². The summed E-state index contributed by atoms with van der Waals surface area (Å²) < 4.78 is 27.4. The summed E-state index contributed by atoms with van der Waals surface area (Å²) in [6.07, 6.45) is 1.93. The van der Waals surface area contributed by atoms with Crippen LogP contribution in [0.3, 0.4) is 0 Å². The number of halogens is 1. The van der Waals surface area contributed by atoms with Crippen LogP contribution in [-0.4, -0.2) is 36.7 Å². The molecule has 0 spiro atoms. The van der Waals surface area contributed by atoms with Crippen molar-refractivity contribution < 1.29 is 23.4 Å². The number of aliphatic hydroxyl groups excluding tert-OH is 1. The summed E-state index contributed by atoms with van der Waals surface area (Å²) >= 11 is 5.82. The van der Waals surface area contributed by atoms with Crippen molar-refractivity contribution in [2.45, 2.75) is 36.6 Å². The number of hydrogen-bond acceptors (Lipinski definition) is 4. The van der Waals surface area contributed by atoms with Crippen LogP contribution >= 0.6 is 11.6 Å². The number of rotatable bonds is 5. The first-order chi connectivity index (χ1) is 9.71. The molecule has 3 N–H and O–H groups in total. The van der Waals surface area contributed by atoms with Crippen molar-refractivity contribution >= 4 is 27.6 Å². The molecule has 1 aliphatic carbocycles. The smallest absolute Gasteiger partial charge is 0.336 e. The number of carboxylic acids is 1. The van der Waals surface area contributed by atoms with Crippen LogP contribution in [0.4, 0.5) is 0 Å². The highest BCUT2D eigenvalue weighted by Gasteiger charge is 2.40. The van der Waals surface area contributed by atoms with E-state index in [1.54, 1.807) is 0 Å². The largest absolute Gasteiger partial charge is 0.478 e. The van der Waals surface area contributed by atoms with Crippen LogP contribution in [0.15, 0.2) is 17.0 Å². The van der Waals surface area contributed by atoms with Crippen molar-refractivity contribution in [2.75, 3.05) is 6.61 Å². The highest BCUT2D eigenvalue weighted by Crippen LogP contribution is 2.34. The minimum absolute atomic E-state index is 0.0324. The molecule has 0 unspecified atom stereocenters. The Hall–Kier alpha value is -1.15. The number of carbonyl (C=O) groups is 1. The standard InChI is InChI=1S/C13H16ClNO5S/c1-8-10(12(17)18)5-9(14)6-11(8)21(19,20)15-13(7-16)3-2-4-13/h5-6,15-16H,2-4,7H2,1H3,(H,17,18). The van der Waals surface area contributed by atoms with E-state index in [1.165, 1.54) is 19.1 Å². The molecule has 0 bridgehead atoms. The molecular formula is C13H16ClNO5S. The maximum absolute atomic E-state index is 12.5. The SMILES string of the molecule is Cc1c(C(=O)O)cc(Cl)cc1S(=O)(=O)NC1(CO)CCC1. The van der Waals surface area contributed by atoms with Gasteiger partial charge in [0.15, 0.2) is 0 Å². The van der Waals surface area contributed by atoms with Gasteiger partial charge in [0.2, 0.25) is 10.0 Å². The van der Waals surface area contributed by atoms with Crippen LogP contribution in [0.1, 0.15) is 35.2 Å². The summed E-state index contributed by atoms with van der Waals surface area (Å²) in [6, 6.07) is 2.43. The first-order valence-corrected chi connectivity index (χ1v) is 8.25. The van der Waals surface area contributed by atoms with Crippen molar-refractivity contribution in [3.63, 3.8) is 0 Å². The number of carboxylic acid groups (broad SMARTS) is 1. The Kier molecular flexibility index (Phi) is 4.30. The highest BCUT2D eigenvalue weighted by molar-refractivity contribution is 7.89. The van der Waals surface area contributed by atoms with Gasteiger partial charge in [0.05, 0.1) is 22.6 Å². The summed E-state index contributed by atoms with van der Waals surface area (Å²) in [5.74, 6) is -1.24. The van der Waals surface area contributed by atoms with Crippen molar-refractivity contribution in [1.29, 1.82) is 0 Å². The second-order valence-corrected chi connectivity index (χ2v) is 7.37. The second kappa shape index (κ2) is 5.57. The molecule has 1 aromatic rings. The maximum Gasteiger partial charge on any atom is 0.336 e. The predicted molar refractivity (Wildman–Crippen MR) is 77.1 cm³/mol. The number of hydrogen-bond donors (Lipinski definition) is 3. The lowest BCUT2D eigenvalue weighted by atomic mass is 9.78. The molecule has 21 heavy (non-hydrogen) atoms. The lowest BCUT2D eigenvalue weighted by Gasteiger charge is -2.40. The molecule has 1 aromatic carbocycles. The summed E-state index contributed by atoms with van der Waals surface area (Å²) in [5.41, 5.74) is -0.891. The van der Waals surface area contributed by atoms with Crippen molar-refractivity contribution in [3.05, 3.63) is 28.3 Å². The van der Waals surface area contributed by atoms with E-state index in [9.17, 15) is 18.3 Å². The van der Waals surface area contributed by atoms with Gasteiger partial charge in [-0.2, -0.15) is 0 Å². The van der Waals surface area contributed by atoms with E-state index in [2.05, 4.69) is 4.72 Å². The summed E-state index contributed by atoms with van der Waals surface area (Å²) in [6.45, 7) is 1.12. The number of nitrogens with one attached hydrogen (secondary N) is 1. The van der Waals surface area contributed by atoms with Gasteiger partial charge in [-0.15, -0.1) is 0 Å². The topological polar surface area (TPSA) is 104 Å². The van der Waals surface area contributed by atoms with Crippen LogP contribution in [-0.2, 0) is 10.0 Å². The molecule has 8 heteroatoms. The van der Waals surface area contributed by atoms with Crippen LogP contribution < -0.4 is 4.72 Å². The molecule has 0 atom stereocenters. The van der Waals surface area contributed by atoms with E-state index in [0.717, 1.165) is 6.42 Å². The van der Waals surface area contributed by atoms with E-state index >= 15 is 0 Å². The van der Waals surface area contributed by atoms with E-state index < -0.39 is 21.5 Å². The number of benzene rings is 1.